The number of amides is 1. The lowest BCUT2D eigenvalue weighted by Gasteiger charge is -2.09. The standard InChI is InChI=1S/C17H20N2O6S/c1-9-13(16(21)23-3)15(26-14(9)17(22)24-4)19-12(20)8-18-10(2)11-6-5-7-25-11/h5-7,10,18H,8H2,1-4H3,(H,19,20)/p+1/t10-/m0/s1. The second-order valence-corrected chi connectivity index (χ2v) is 6.56. The molecule has 2 aromatic rings. The van der Waals surface area contributed by atoms with Crippen molar-refractivity contribution in [3.8, 4) is 0 Å². The van der Waals surface area contributed by atoms with Crippen LogP contribution in [0.15, 0.2) is 22.8 Å². The maximum atomic E-state index is 12.3. The number of quaternary nitrogens is 1. The van der Waals surface area contributed by atoms with Crippen LogP contribution in [-0.4, -0.2) is 38.6 Å². The van der Waals surface area contributed by atoms with Crippen molar-refractivity contribution < 1.29 is 33.6 Å². The van der Waals surface area contributed by atoms with Crippen molar-refractivity contribution in [1.29, 1.82) is 0 Å². The number of hydrogen-bond donors (Lipinski definition) is 2. The van der Waals surface area contributed by atoms with Crippen molar-refractivity contribution >= 4 is 34.2 Å². The molecule has 3 N–H and O–H groups in total. The molecule has 26 heavy (non-hydrogen) atoms. The smallest absolute Gasteiger partial charge is 0.348 e. The van der Waals surface area contributed by atoms with Gasteiger partial charge in [0.05, 0.1) is 26.0 Å². The van der Waals surface area contributed by atoms with E-state index in [2.05, 4.69) is 5.32 Å². The Hall–Kier alpha value is -2.65. The highest BCUT2D eigenvalue weighted by atomic mass is 32.1. The van der Waals surface area contributed by atoms with Gasteiger partial charge in [-0.15, -0.1) is 11.3 Å². The summed E-state index contributed by atoms with van der Waals surface area (Å²) in [5, 5.41) is 4.74. The third-order valence-electron chi connectivity index (χ3n) is 3.81. The molecule has 0 radical (unpaired) electrons. The van der Waals surface area contributed by atoms with E-state index in [0.717, 1.165) is 17.1 Å². The summed E-state index contributed by atoms with van der Waals surface area (Å²) in [6.45, 7) is 3.64. The van der Waals surface area contributed by atoms with Gasteiger partial charge in [0.25, 0.3) is 5.91 Å². The van der Waals surface area contributed by atoms with E-state index in [9.17, 15) is 14.4 Å². The molecule has 1 atom stereocenters. The highest BCUT2D eigenvalue weighted by molar-refractivity contribution is 7.18. The van der Waals surface area contributed by atoms with Gasteiger partial charge in [-0.25, -0.2) is 9.59 Å². The van der Waals surface area contributed by atoms with E-state index < -0.39 is 11.9 Å². The van der Waals surface area contributed by atoms with Crippen LogP contribution >= 0.6 is 11.3 Å². The molecule has 8 nitrogen and oxygen atoms in total. The number of methoxy groups -OCH3 is 2. The summed E-state index contributed by atoms with van der Waals surface area (Å²) in [5.74, 6) is -0.757. The van der Waals surface area contributed by atoms with Crippen LogP contribution in [0.2, 0.25) is 0 Å². The number of thiophene rings is 1. The van der Waals surface area contributed by atoms with Gasteiger partial charge in [0, 0.05) is 0 Å². The van der Waals surface area contributed by atoms with E-state index in [1.807, 2.05) is 13.0 Å². The molecule has 0 aliphatic carbocycles. The summed E-state index contributed by atoms with van der Waals surface area (Å²) in [6, 6.07) is 3.58. The predicted molar refractivity (Wildman–Crippen MR) is 94.3 cm³/mol. The zero-order valence-electron chi connectivity index (χ0n) is 15.0. The van der Waals surface area contributed by atoms with Gasteiger partial charge in [0.1, 0.15) is 15.9 Å². The van der Waals surface area contributed by atoms with Gasteiger partial charge >= 0.3 is 11.9 Å². The zero-order valence-corrected chi connectivity index (χ0v) is 15.8. The molecule has 0 saturated heterocycles. The van der Waals surface area contributed by atoms with Gasteiger partial charge in [-0.05, 0) is 31.5 Å². The Morgan fingerprint density at radius 3 is 2.54 bits per heavy atom. The number of hydrogen-bond acceptors (Lipinski definition) is 7. The third-order valence-corrected chi connectivity index (χ3v) is 5.00. The van der Waals surface area contributed by atoms with E-state index in [4.69, 9.17) is 13.9 Å². The van der Waals surface area contributed by atoms with Gasteiger partial charge < -0.3 is 24.5 Å². The van der Waals surface area contributed by atoms with Crippen molar-refractivity contribution in [2.75, 3.05) is 26.1 Å². The summed E-state index contributed by atoms with van der Waals surface area (Å²) in [6.07, 6.45) is 1.57. The van der Waals surface area contributed by atoms with E-state index in [0.29, 0.717) is 5.56 Å². The number of anilines is 1. The Kier molecular flexibility index (Phi) is 6.53. The molecule has 0 aliphatic heterocycles. The Morgan fingerprint density at radius 1 is 1.27 bits per heavy atom. The molecule has 0 saturated carbocycles. The molecule has 140 valence electrons. The van der Waals surface area contributed by atoms with Crippen LogP contribution in [0, 0.1) is 6.92 Å². The Balaban J connectivity index is 2.13. The van der Waals surface area contributed by atoms with Crippen molar-refractivity contribution in [1.82, 2.24) is 0 Å². The predicted octanol–water partition coefficient (Wildman–Crippen LogP) is 1.49. The average Bonchev–Trinajstić information content (AvgIpc) is 3.27. The van der Waals surface area contributed by atoms with Crippen LogP contribution in [-0.2, 0) is 14.3 Å². The number of esters is 2. The molecule has 2 aromatic heterocycles. The quantitative estimate of drug-likeness (QED) is 0.703. The number of ether oxygens (including phenoxy) is 2. The van der Waals surface area contributed by atoms with Gasteiger partial charge in [-0.2, -0.15) is 0 Å². The number of carbonyl (C=O) groups excluding carboxylic acids is 3. The van der Waals surface area contributed by atoms with Crippen molar-refractivity contribution in [2.45, 2.75) is 19.9 Å². The summed E-state index contributed by atoms with van der Waals surface area (Å²) in [4.78, 5) is 36.4. The van der Waals surface area contributed by atoms with E-state index >= 15 is 0 Å². The maximum Gasteiger partial charge on any atom is 0.348 e. The Morgan fingerprint density at radius 2 is 1.96 bits per heavy atom. The van der Waals surface area contributed by atoms with Crippen LogP contribution in [0.3, 0.4) is 0 Å². The first-order chi connectivity index (χ1) is 12.4. The van der Waals surface area contributed by atoms with Crippen LogP contribution in [0.1, 0.15) is 44.3 Å². The van der Waals surface area contributed by atoms with E-state index in [1.54, 1.807) is 24.6 Å². The largest absolute Gasteiger partial charge is 0.465 e. The summed E-state index contributed by atoms with van der Waals surface area (Å²) >= 11 is 0.983. The minimum atomic E-state index is -0.628. The monoisotopic (exact) mass is 381 g/mol. The first-order valence-corrected chi connectivity index (χ1v) is 8.67. The minimum absolute atomic E-state index is 0.0356. The second-order valence-electron chi connectivity index (χ2n) is 5.54. The SMILES string of the molecule is COC(=O)c1sc(NC(=O)C[NH2+][C@@H](C)c2ccco2)c(C(=O)OC)c1C. The highest BCUT2D eigenvalue weighted by Gasteiger charge is 2.27. The van der Waals surface area contributed by atoms with Crippen LogP contribution < -0.4 is 10.6 Å². The first kappa shape index (κ1) is 19.7. The molecule has 1 amide bonds. The topological polar surface area (TPSA) is 111 Å². The lowest BCUT2D eigenvalue weighted by molar-refractivity contribution is -0.684. The van der Waals surface area contributed by atoms with E-state index in [1.165, 1.54) is 14.2 Å². The number of furan rings is 1. The molecule has 0 bridgehead atoms. The van der Waals surface area contributed by atoms with Crippen molar-refractivity contribution in [2.24, 2.45) is 0 Å². The zero-order chi connectivity index (χ0) is 19.3. The fraction of sp³-hybridized carbons (Fsp3) is 0.353. The van der Waals surface area contributed by atoms with Gasteiger partial charge in [0.15, 0.2) is 12.3 Å². The maximum absolute atomic E-state index is 12.3. The second kappa shape index (κ2) is 8.63. The molecule has 0 aromatic carbocycles. The first-order valence-electron chi connectivity index (χ1n) is 7.85. The number of nitrogens with two attached hydrogens (primary N) is 1. The summed E-state index contributed by atoms with van der Waals surface area (Å²) in [7, 11) is 2.49. The van der Waals surface area contributed by atoms with Gasteiger partial charge in [0.2, 0.25) is 0 Å². The molecule has 0 aliphatic rings. The third kappa shape index (κ3) is 4.30. The molecule has 2 heterocycles. The highest BCUT2D eigenvalue weighted by Crippen LogP contribution is 2.34. The molecule has 9 heteroatoms. The lowest BCUT2D eigenvalue weighted by atomic mass is 10.1. The van der Waals surface area contributed by atoms with Gasteiger partial charge in [-0.3, -0.25) is 4.79 Å². The minimum Gasteiger partial charge on any atom is -0.465 e. The molecular weight excluding hydrogens is 360 g/mol. The molecule has 0 spiro atoms. The van der Waals surface area contributed by atoms with Crippen LogP contribution in [0.5, 0.6) is 0 Å². The Labute approximate surface area is 154 Å². The van der Waals surface area contributed by atoms with Crippen molar-refractivity contribution in [3.05, 3.63) is 40.2 Å². The molecule has 0 unspecified atom stereocenters. The van der Waals surface area contributed by atoms with Gasteiger partial charge in [-0.1, -0.05) is 0 Å². The fourth-order valence-corrected chi connectivity index (χ4v) is 3.49. The molecule has 0 fully saturated rings. The fourth-order valence-electron chi connectivity index (χ4n) is 2.36. The molecular formula is C17H21N2O6S+. The normalized spacial score (nSPS) is 11.7. The average molecular weight is 381 g/mol. The number of nitrogens with one attached hydrogen (secondary N) is 1. The van der Waals surface area contributed by atoms with Crippen LogP contribution in [0.4, 0.5) is 5.00 Å². The van der Waals surface area contributed by atoms with E-state index in [-0.39, 0.29) is 33.9 Å². The summed E-state index contributed by atoms with van der Waals surface area (Å²) < 4.78 is 14.8. The molecule has 2 rings (SSSR count). The van der Waals surface area contributed by atoms with Crippen LogP contribution in [0.25, 0.3) is 0 Å². The number of rotatable bonds is 7. The number of carbonyl (C=O) groups is 3. The summed E-state index contributed by atoms with van der Waals surface area (Å²) in [5.41, 5.74) is 0.572. The van der Waals surface area contributed by atoms with Crippen molar-refractivity contribution in [3.63, 3.8) is 0 Å². The lowest BCUT2D eigenvalue weighted by Crippen LogP contribution is -2.86. The Bertz CT molecular complexity index is 797.